The van der Waals surface area contributed by atoms with Gasteiger partial charge in [0.25, 0.3) is 5.91 Å². The van der Waals surface area contributed by atoms with E-state index in [-0.39, 0.29) is 42.7 Å². The van der Waals surface area contributed by atoms with Crippen LogP contribution < -0.4 is 5.32 Å². The standard InChI is InChI=1S/C30H45NO11/c1-13(2)8-20(35)26(37)27(38)31-28(40-7)22-12-23(36)30(5,6)24(41-22)11-18(33)15(4)21-9-16-14(3)17(32)10-19(34)25(16)29(39)42-21/h10,15,18,20-24,26,28,32-37H,1,8-9,11-12H2,2-7H3,(H,31,38)/t15-,18+,20+,21-,22+,23-,24-,26?,28+/m1/s1. The van der Waals surface area contributed by atoms with Gasteiger partial charge in [-0.15, -0.1) is 6.58 Å². The van der Waals surface area contributed by atoms with Crippen LogP contribution in [0.5, 0.6) is 11.5 Å². The molecule has 9 atom stereocenters. The summed E-state index contributed by atoms with van der Waals surface area (Å²) in [7, 11) is 1.33. The number of carbonyl (C=O) groups excluding carboxylic acids is 2. The normalized spacial score (nSPS) is 27.1. The van der Waals surface area contributed by atoms with Gasteiger partial charge in [-0.05, 0) is 31.4 Å². The van der Waals surface area contributed by atoms with Crippen molar-refractivity contribution in [3.8, 4) is 11.5 Å². The van der Waals surface area contributed by atoms with E-state index in [9.17, 15) is 40.2 Å². The Morgan fingerprint density at radius 3 is 2.43 bits per heavy atom. The molecule has 1 fully saturated rings. The predicted octanol–water partition coefficient (Wildman–Crippen LogP) is 1.20. The fourth-order valence-electron chi connectivity index (χ4n) is 5.61. The Bertz CT molecular complexity index is 1170. The number of aliphatic hydroxyl groups is 4. The number of nitrogens with one attached hydrogen (secondary N) is 1. The number of fused-ring (bicyclic) bond motifs is 1. The van der Waals surface area contributed by atoms with Crippen molar-refractivity contribution in [2.75, 3.05) is 7.11 Å². The van der Waals surface area contributed by atoms with Crippen molar-refractivity contribution in [1.82, 2.24) is 5.32 Å². The SMILES string of the molecule is C=C(C)C[C@H](O)C(O)C(=O)N[C@@H](OC)[C@@H]1C[C@@H](O)C(C)(C)[C@@H](C[C@H](O)[C@@H](C)[C@H]2Cc3c(C)c(O)cc(O)c3C(=O)O2)O1. The Labute approximate surface area is 245 Å². The van der Waals surface area contributed by atoms with E-state index in [4.69, 9.17) is 14.2 Å². The first-order valence-electron chi connectivity index (χ1n) is 14.1. The number of ether oxygens (including phenoxy) is 3. The van der Waals surface area contributed by atoms with Crippen molar-refractivity contribution in [2.45, 2.75) is 109 Å². The number of esters is 1. The number of phenolic OH excluding ortho intramolecular Hbond substituents is 2. The minimum atomic E-state index is -1.74. The van der Waals surface area contributed by atoms with E-state index in [0.29, 0.717) is 16.7 Å². The van der Waals surface area contributed by atoms with Gasteiger partial charge >= 0.3 is 5.97 Å². The number of carbonyl (C=O) groups is 2. The van der Waals surface area contributed by atoms with Crippen LogP contribution >= 0.6 is 0 Å². The highest BCUT2D eigenvalue weighted by Crippen LogP contribution is 2.42. The van der Waals surface area contributed by atoms with Gasteiger partial charge in [-0.3, -0.25) is 4.79 Å². The number of methoxy groups -OCH3 is 1. The second-order valence-electron chi connectivity index (χ2n) is 12.3. The molecule has 7 N–H and O–H groups in total. The van der Waals surface area contributed by atoms with Gasteiger partial charge in [-0.1, -0.05) is 26.3 Å². The number of aliphatic hydroxyl groups excluding tert-OH is 4. The molecule has 0 aliphatic carbocycles. The van der Waals surface area contributed by atoms with Crippen molar-refractivity contribution < 1.29 is 54.4 Å². The second-order valence-corrected chi connectivity index (χ2v) is 12.3. The highest BCUT2D eigenvalue weighted by molar-refractivity contribution is 5.96. The summed E-state index contributed by atoms with van der Waals surface area (Å²) in [5, 5.41) is 65.5. The topological polar surface area (TPSA) is 195 Å². The predicted molar refractivity (Wildman–Crippen MR) is 151 cm³/mol. The third-order valence-electron chi connectivity index (χ3n) is 8.74. The first-order valence-corrected chi connectivity index (χ1v) is 14.1. The Hall–Kier alpha value is -2.74. The molecule has 1 saturated heterocycles. The number of cyclic esters (lactones) is 1. The highest BCUT2D eigenvalue weighted by Gasteiger charge is 2.48. The summed E-state index contributed by atoms with van der Waals surface area (Å²) in [6, 6.07) is 1.10. The van der Waals surface area contributed by atoms with Crippen LogP contribution in [0.3, 0.4) is 0 Å². The van der Waals surface area contributed by atoms with Gasteiger partial charge in [0.05, 0.1) is 24.4 Å². The first kappa shape index (κ1) is 33.8. The zero-order valence-corrected chi connectivity index (χ0v) is 25.0. The number of phenols is 2. The van der Waals surface area contributed by atoms with Gasteiger partial charge in [0.2, 0.25) is 0 Å². The van der Waals surface area contributed by atoms with Crippen LogP contribution in [0.4, 0.5) is 0 Å². The maximum absolute atomic E-state index is 12.7. The average Bonchev–Trinajstić information content (AvgIpc) is 2.90. The molecular formula is C30H45NO11. The lowest BCUT2D eigenvalue weighted by Crippen LogP contribution is -2.59. The molecule has 1 amide bonds. The number of hydrogen-bond donors (Lipinski definition) is 7. The molecule has 1 aromatic carbocycles. The highest BCUT2D eigenvalue weighted by atomic mass is 16.6. The van der Waals surface area contributed by atoms with Crippen LogP contribution in [-0.4, -0.2) is 98.6 Å². The molecule has 2 aliphatic heterocycles. The van der Waals surface area contributed by atoms with Gasteiger partial charge in [-0.2, -0.15) is 0 Å². The summed E-state index contributed by atoms with van der Waals surface area (Å²) in [5.41, 5.74) is 0.662. The lowest BCUT2D eigenvalue weighted by atomic mass is 9.73. The molecule has 0 bridgehead atoms. The molecule has 12 heteroatoms. The Morgan fingerprint density at radius 1 is 1.19 bits per heavy atom. The number of rotatable bonds is 11. The van der Waals surface area contributed by atoms with E-state index in [2.05, 4.69) is 11.9 Å². The minimum absolute atomic E-state index is 0.00382. The Kier molecular flexibility index (Phi) is 10.7. The van der Waals surface area contributed by atoms with Crippen LogP contribution in [0, 0.1) is 18.3 Å². The van der Waals surface area contributed by atoms with E-state index in [1.54, 1.807) is 34.6 Å². The van der Waals surface area contributed by atoms with Crippen LogP contribution in [0.2, 0.25) is 0 Å². The Balaban J connectivity index is 1.73. The summed E-state index contributed by atoms with van der Waals surface area (Å²) in [5.74, 6) is -2.75. The summed E-state index contributed by atoms with van der Waals surface area (Å²) >= 11 is 0. The number of amides is 1. The van der Waals surface area contributed by atoms with Gasteiger partial charge < -0.3 is 50.2 Å². The number of benzene rings is 1. The molecule has 12 nitrogen and oxygen atoms in total. The first-order chi connectivity index (χ1) is 19.5. The largest absolute Gasteiger partial charge is 0.508 e. The molecule has 0 spiro atoms. The van der Waals surface area contributed by atoms with E-state index < -0.39 is 72.2 Å². The second kappa shape index (κ2) is 13.3. The molecule has 0 radical (unpaired) electrons. The van der Waals surface area contributed by atoms with Crippen molar-refractivity contribution in [3.63, 3.8) is 0 Å². The zero-order chi connectivity index (χ0) is 31.7. The fraction of sp³-hybridized carbons (Fsp3) is 0.667. The summed E-state index contributed by atoms with van der Waals surface area (Å²) < 4.78 is 17.3. The van der Waals surface area contributed by atoms with E-state index >= 15 is 0 Å². The molecule has 2 heterocycles. The zero-order valence-electron chi connectivity index (χ0n) is 25.0. The minimum Gasteiger partial charge on any atom is -0.508 e. The summed E-state index contributed by atoms with van der Waals surface area (Å²) in [6.45, 7) is 12.3. The van der Waals surface area contributed by atoms with Crippen molar-refractivity contribution in [2.24, 2.45) is 11.3 Å². The Morgan fingerprint density at radius 2 is 1.83 bits per heavy atom. The van der Waals surface area contributed by atoms with Gasteiger partial charge in [0, 0.05) is 43.8 Å². The molecule has 1 unspecified atom stereocenters. The summed E-state index contributed by atoms with van der Waals surface area (Å²) in [4.78, 5) is 25.4. The molecule has 3 rings (SSSR count). The molecule has 1 aromatic rings. The van der Waals surface area contributed by atoms with Crippen molar-refractivity contribution in [1.29, 1.82) is 0 Å². The van der Waals surface area contributed by atoms with Gasteiger partial charge in [-0.25, -0.2) is 4.79 Å². The number of hydrogen-bond acceptors (Lipinski definition) is 11. The third kappa shape index (κ3) is 7.07. The van der Waals surface area contributed by atoms with Gasteiger partial charge in [0.15, 0.2) is 12.3 Å². The molecule has 0 aromatic heterocycles. The quantitative estimate of drug-likeness (QED) is 0.110. The molecule has 42 heavy (non-hydrogen) atoms. The lowest BCUT2D eigenvalue weighted by Gasteiger charge is -2.48. The number of aromatic hydroxyl groups is 2. The van der Waals surface area contributed by atoms with Crippen LogP contribution in [0.1, 0.15) is 68.4 Å². The molecular weight excluding hydrogens is 550 g/mol. The molecule has 2 aliphatic rings. The van der Waals surface area contributed by atoms with E-state index in [0.717, 1.165) is 6.07 Å². The average molecular weight is 596 g/mol. The van der Waals surface area contributed by atoms with E-state index in [1.807, 2.05) is 0 Å². The maximum Gasteiger partial charge on any atom is 0.342 e. The molecule has 0 saturated carbocycles. The van der Waals surface area contributed by atoms with Crippen LogP contribution in [0.25, 0.3) is 0 Å². The lowest BCUT2D eigenvalue weighted by molar-refractivity contribution is -0.217. The van der Waals surface area contributed by atoms with E-state index in [1.165, 1.54) is 7.11 Å². The van der Waals surface area contributed by atoms with Gasteiger partial charge in [0.1, 0.15) is 29.3 Å². The fourth-order valence-corrected chi connectivity index (χ4v) is 5.61. The van der Waals surface area contributed by atoms with Crippen LogP contribution in [0.15, 0.2) is 18.2 Å². The monoisotopic (exact) mass is 595 g/mol. The van der Waals surface area contributed by atoms with Crippen LogP contribution in [-0.2, 0) is 25.4 Å². The maximum atomic E-state index is 12.7. The molecule has 236 valence electrons. The summed E-state index contributed by atoms with van der Waals surface area (Å²) in [6.07, 6.45) is -8.16. The third-order valence-corrected chi connectivity index (χ3v) is 8.74. The van der Waals surface area contributed by atoms with Crippen molar-refractivity contribution >= 4 is 11.9 Å². The smallest absolute Gasteiger partial charge is 0.342 e. The van der Waals surface area contributed by atoms with Crippen molar-refractivity contribution in [3.05, 3.63) is 34.9 Å².